The van der Waals surface area contributed by atoms with E-state index in [0.717, 1.165) is 11.6 Å². The second-order valence-corrected chi connectivity index (χ2v) is 12.2. The van der Waals surface area contributed by atoms with Crippen molar-refractivity contribution in [1.82, 2.24) is 9.55 Å². The number of cyclic esters (lactones) is 1. The molecule has 1 unspecified atom stereocenters. The summed E-state index contributed by atoms with van der Waals surface area (Å²) in [5.74, 6) is -2.42. The number of aliphatic hydroxyl groups excluding tert-OH is 3. The van der Waals surface area contributed by atoms with Crippen molar-refractivity contribution in [3.05, 3.63) is 91.3 Å². The minimum Gasteiger partial charge on any atom is -0.489 e. The van der Waals surface area contributed by atoms with Crippen LogP contribution in [-0.2, 0) is 44.4 Å². The third kappa shape index (κ3) is 5.31. The van der Waals surface area contributed by atoms with E-state index in [1.807, 2.05) is 6.07 Å². The van der Waals surface area contributed by atoms with Gasteiger partial charge in [-0.25, -0.2) is 14.6 Å². The van der Waals surface area contributed by atoms with Gasteiger partial charge < -0.3 is 49.0 Å². The third-order valence-corrected chi connectivity index (χ3v) is 9.16. The smallest absolute Gasteiger partial charge is 0.343 e. The predicted molar refractivity (Wildman–Crippen MR) is 167 cm³/mol. The molecule has 17 nitrogen and oxygen atoms in total. The summed E-state index contributed by atoms with van der Waals surface area (Å²) in [5.41, 5.74) is 0.238. The number of carboxylic acids is 1. The monoisotopic (exact) mass is 691 g/mol. The summed E-state index contributed by atoms with van der Waals surface area (Å²) < 4.78 is 23.0. The molecule has 50 heavy (non-hydrogen) atoms. The van der Waals surface area contributed by atoms with Crippen LogP contribution >= 0.6 is 0 Å². The number of aliphatic hydroxyl groups is 4. The Morgan fingerprint density at radius 2 is 1.88 bits per heavy atom. The summed E-state index contributed by atoms with van der Waals surface area (Å²) in [4.78, 5) is 53.1. The average Bonchev–Trinajstić information content (AvgIpc) is 3.46. The zero-order valence-corrected chi connectivity index (χ0v) is 26.1. The van der Waals surface area contributed by atoms with Gasteiger partial charge >= 0.3 is 17.6 Å². The number of carbonyl (C=O) groups excluding carboxylic acids is 1. The first kappa shape index (κ1) is 33.1. The highest BCUT2D eigenvalue weighted by Crippen LogP contribution is 2.39. The molecule has 0 spiro atoms. The van der Waals surface area contributed by atoms with E-state index in [9.17, 15) is 50.0 Å². The molecule has 2 aromatic carbocycles. The molecule has 6 atom stereocenters. The van der Waals surface area contributed by atoms with Gasteiger partial charge in [0, 0.05) is 22.6 Å². The van der Waals surface area contributed by atoms with E-state index >= 15 is 0 Å². The molecule has 7 rings (SSSR count). The summed E-state index contributed by atoms with van der Waals surface area (Å²) in [6.07, 6.45) is -9.57. The summed E-state index contributed by atoms with van der Waals surface area (Å²) in [7, 11) is 0. The van der Waals surface area contributed by atoms with Crippen LogP contribution < -0.4 is 15.0 Å². The Kier molecular flexibility index (Phi) is 8.03. The maximum atomic E-state index is 13.4. The number of aromatic nitrogens is 2. The van der Waals surface area contributed by atoms with Crippen molar-refractivity contribution >= 4 is 28.5 Å². The molecule has 3 aliphatic rings. The molecular formula is C33H29N3O14. The highest BCUT2D eigenvalue weighted by Gasteiger charge is 2.49. The van der Waals surface area contributed by atoms with Gasteiger partial charge in [0.15, 0.2) is 17.5 Å². The van der Waals surface area contributed by atoms with Gasteiger partial charge in [0.25, 0.3) is 5.56 Å². The van der Waals surface area contributed by atoms with Crippen LogP contribution in [0.25, 0.3) is 22.3 Å². The van der Waals surface area contributed by atoms with Gasteiger partial charge in [0.2, 0.25) is 6.29 Å². The van der Waals surface area contributed by atoms with Crippen LogP contribution in [0.15, 0.2) is 53.3 Å². The zero-order valence-electron chi connectivity index (χ0n) is 26.1. The summed E-state index contributed by atoms with van der Waals surface area (Å²) in [5, 5.41) is 63.0. The molecule has 5 N–H and O–H groups in total. The Morgan fingerprint density at radius 1 is 1.10 bits per heavy atom. The zero-order chi connectivity index (χ0) is 35.6. The number of aliphatic carboxylic acids is 1. The molecule has 0 aliphatic carbocycles. The molecule has 17 heteroatoms. The summed E-state index contributed by atoms with van der Waals surface area (Å²) in [6.45, 7) is 1.49. The van der Waals surface area contributed by atoms with E-state index in [-0.39, 0.29) is 48.6 Å². The third-order valence-electron chi connectivity index (χ3n) is 9.16. The van der Waals surface area contributed by atoms with Crippen LogP contribution in [0, 0.1) is 10.1 Å². The molecule has 0 saturated carbocycles. The molecule has 2 aromatic heterocycles. The van der Waals surface area contributed by atoms with E-state index in [4.69, 9.17) is 23.9 Å². The lowest BCUT2D eigenvalue weighted by Gasteiger charge is -2.38. The first-order valence-electron chi connectivity index (χ1n) is 15.4. The number of carbonyl (C=O) groups is 2. The second kappa shape index (κ2) is 12.1. The lowest BCUT2D eigenvalue weighted by molar-refractivity contribution is -0.387. The number of fused-ring (bicyclic) bond motifs is 5. The van der Waals surface area contributed by atoms with E-state index in [2.05, 4.69) is 0 Å². The molecule has 5 heterocycles. The Hall–Kier alpha value is -5.46. The van der Waals surface area contributed by atoms with Gasteiger partial charge in [-0.2, -0.15) is 0 Å². The SMILES string of the molecule is CC[C@@]1(O)C(=O)OCc2c1cc1n(c2=O)Cc2cc3cc(OCc4ccc(OC5O[C@H](C(=O)O)[C@@H](O)[C@H](O)[C@H]5O)c([N+](=O)[O-])c4)ccc3nc2-1. The molecule has 0 amide bonds. The van der Waals surface area contributed by atoms with Gasteiger partial charge in [-0.1, -0.05) is 13.0 Å². The van der Waals surface area contributed by atoms with E-state index < -0.39 is 58.9 Å². The lowest BCUT2D eigenvalue weighted by atomic mass is 9.86. The van der Waals surface area contributed by atoms with Crippen molar-refractivity contribution in [2.24, 2.45) is 0 Å². The number of pyridine rings is 2. The van der Waals surface area contributed by atoms with Crippen molar-refractivity contribution in [3.63, 3.8) is 0 Å². The van der Waals surface area contributed by atoms with Crippen molar-refractivity contribution in [2.75, 3.05) is 0 Å². The number of esters is 1. The minimum absolute atomic E-state index is 0.0269. The number of nitro groups is 1. The minimum atomic E-state index is -1.96. The number of ether oxygens (including phenoxy) is 4. The fraction of sp³-hybridized carbons (Fsp3) is 0.333. The number of nitrogens with zero attached hydrogens (tertiary/aromatic N) is 3. The van der Waals surface area contributed by atoms with Crippen molar-refractivity contribution in [3.8, 4) is 22.9 Å². The number of nitro benzene ring substituents is 1. The number of rotatable bonds is 8. The predicted octanol–water partition coefficient (Wildman–Crippen LogP) is 0.838. The molecule has 4 aromatic rings. The maximum absolute atomic E-state index is 13.4. The Morgan fingerprint density at radius 3 is 2.60 bits per heavy atom. The molecule has 260 valence electrons. The molecular weight excluding hydrogens is 662 g/mol. The van der Waals surface area contributed by atoms with Gasteiger partial charge in [0.05, 0.1) is 33.9 Å². The average molecular weight is 692 g/mol. The topological polar surface area (TPSA) is 250 Å². The van der Waals surface area contributed by atoms with Crippen LogP contribution in [0.1, 0.15) is 35.6 Å². The number of hydrogen-bond donors (Lipinski definition) is 5. The normalized spacial score (nSPS) is 25.3. The number of hydrogen-bond acceptors (Lipinski definition) is 14. The highest BCUT2D eigenvalue weighted by atomic mass is 16.7. The van der Waals surface area contributed by atoms with E-state index in [0.29, 0.717) is 33.6 Å². The lowest BCUT2D eigenvalue weighted by Crippen LogP contribution is -2.61. The fourth-order valence-corrected chi connectivity index (χ4v) is 6.39. The maximum Gasteiger partial charge on any atom is 0.343 e. The summed E-state index contributed by atoms with van der Waals surface area (Å²) >= 11 is 0. The Bertz CT molecular complexity index is 2150. The molecule has 1 saturated heterocycles. The fourth-order valence-electron chi connectivity index (χ4n) is 6.39. The first-order valence-corrected chi connectivity index (χ1v) is 15.4. The van der Waals surface area contributed by atoms with E-state index in [1.54, 1.807) is 31.2 Å². The first-order chi connectivity index (χ1) is 23.8. The van der Waals surface area contributed by atoms with Crippen LogP contribution in [0.2, 0.25) is 0 Å². The van der Waals surface area contributed by atoms with Gasteiger partial charge in [-0.15, -0.1) is 0 Å². The molecule has 1 fully saturated rings. The Labute approximate surface area is 280 Å². The highest BCUT2D eigenvalue weighted by molar-refractivity contribution is 5.87. The van der Waals surface area contributed by atoms with Crippen LogP contribution in [0.5, 0.6) is 11.5 Å². The van der Waals surface area contributed by atoms with Crippen molar-refractivity contribution < 1.29 is 59.0 Å². The number of carboxylic acid groups (broad SMARTS) is 1. The number of benzene rings is 2. The van der Waals surface area contributed by atoms with Crippen molar-refractivity contribution in [1.29, 1.82) is 0 Å². The molecule has 0 bridgehead atoms. The Balaban J connectivity index is 1.11. The van der Waals surface area contributed by atoms with Crippen molar-refractivity contribution in [2.45, 2.75) is 69.4 Å². The van der Waals surface area contributed by atoms with Gasteiger partial charge in [-0.05, 0) is 48.4 Å². The van der Waals surface area contributed by atoms with E-state index in [1.165, 1.54) is 16.7 Å². The van der Waals surface area contributed by atoms with Crippen LogP contribution in [0.3, 0.4) is 0 Å². The quantitative estimate of drug-likeness (QED) is 0.0859. The summed E-state index contributed by atoms with van der Waals surface area (Å²) in [6, 6.07) is 12.4. The standard InChI is InChI=1S/C33H29N3O14/c1-2-33(44)19-10-22-24-16(11-35(22)29(40)18(19)13-48-32(33)43)8-15-9-17(4-5-20(15)34-24)47-12-14-3-6-23(21(7-14)36(45)46)49-31-27(39)25(37)26(38)28(50-31)30(41)42/h3-10,25-28,31,37-39,44H,2,11-13H2,1H3,(H,41,42)/t25-,26-,27+,28-,31?,33-/m0/s1. The second-order valence-electron chi connectivity index (χ2n) is 12.2. The molecule has 0 radical (unpaired) electrons. The van der Waals surface area contributed by atoms with Crippen LogP contribution in [-0.4, -0.2) is 82.7 Å². The largest absolute Gasteiger partial charge is 0.489 e. The van der Waals surface area contributed by atoms with Gasteiger partial charge in [-0.3, -0.25) is 14.9 Å². The van der Waals surface area contributed by atoms with Gasteiger partial charge in [0.1, 0.15) is 37.3 Å². The molecule has 3 aliphatic heterocycles. The van der Waals surface area contributed by atoms with Crippen LogP contribution in [0.4, 0.5) is 5.69 Å².